The molecule has 4 heterocycles. The summed E-state index contributed by atoms with van der Waals surface area (Å²) in [7, 11) is 0. The summed E-state index contributed by atoms with van der Waals surface area (Å²) < 4.78 is 46.9. The number of ether oxygens (including phenoxy) is 1. The maximum Gasteiger partial charge on any atom is 0.416 e. The van der Waals surface area contributed by atoms with Crippen LogP contribution in [-0.2, 0) is 15.7 Å². The Bertz CT molecular complexity index is 1730. The van der Waals surface area contributed by atoms with Crippen LogP contribution in [-0.4, -0.2) is 50.4 Å². The van der Waals surface area contributed by atoms with Gasteiger partial charge >= 0.3 is 6.18 Å². The van der Waals surface area contributed by atoms with Gasteiger partial charge in [0.15, 0.2) is 0 Å². The molecule has 1 aliphatic carbocycles. The number of pyridine rings is 1. The second kappa shape index (κ2) is 12.1. The molecule has 0 spiro atoms. The third-order valence-corrected chi connectivity index (χ3v) is 7.84. The number of nitrogens with two attached hydrogens (primary N) is 1. The summed E-state index contributed by atoms with van der Waals surface area (Å²) in [5, 5.41) is 5.54. The van der Waals surface area contributed by atoms with E-state index in [0.717, 1.165) is 49.1 Å². The number of carbonyl (C=O) groups is 2. The van der Waals surface area contributed by atoms with E-state index in [0.29, 0.717) is 42.8 Å². The smallest absolute Gasteiger partial charge is 0.382 e. The second-order valence-corrected chi connectivity index (χ2v) is 10.9. The summed E-state index contributed by atoms with van der Waals surface area (Å²) in [5.74, 6) is 0.311. The van der Waals surface area contributed by atoms with Crippen LogP contribution in [0.2, 0.25) is 0 Å². The van der Waals surface area contributed by atoms with Crippen molar-refractivity contribution in [3.8, 4) is 11.3 Å². The van der Waals surface area contributed by atoms with Crippen LogP contribution in [0.5, 0.6) is 0 Å². The molecule has 228 valence electrons. The number of imidazole rings is 1. The van der Waals surface area contributed by atoms with Gasteiger partial charge in [0.25, 0.3) is 5.91 Å². The molecule has 2 aliphatic rings. The van der Waals surface area contributed by atoms with Gasteiger partial charge in [-0.25, -0.2) is 15.0 Å². The Labute approximate surface area is 250 Å². The van der Waals surface area contributed by atoms with Crippen molar-refractivity contribution in [2.24, 2.45) is 0 Å². The maximum atomic E-state index is 13.1. The van der Waals surface area contributed by atoms with Crippen LogP contribution < -0.4 is 16.4 Å². The number of nitrogen functional groups attached to an aromatic ring is 1. The Kier molecular flexibility index (Phi) is 8.04. The first-order valence-electron chi connectivity index (χ1n) is 14.3. The van der Waals surface area contributed by atoms with Gasteiger partial charge in [0.1, 0.15) is 28.7 Å². The standard InChI is InChI=1S/C31H30F3N7O3/c32-31(33,34)21-10-12-36-24(16-21)39-30(43)19-6-4-18(5-7-19)26-27-28(35)37-17-23-3-1-2-13-44-14-11-25(42)38-22-9-8-20(15-22)29(40-26)41(23)27/h1,3-7,10,12,16-17,20,22H,2,8-9,11,13-15H2,(H2,35,37)(H,38,42)(H,36,39,43)/b3-1+/t20-,22-/m1/s1. The van der Waals surface area contributed by atoms with Gasteiger partial charge in [-0.1, -0.05) is 18.2 Å². The third kappa shape index (κ3) is 6.13. The fraction of sp³-hybridized carbons (Fsp3) is 0.323. The van der Waals surface area contributed by atoms with Crippen molar-refractivity contribution in [3.63, 3.8) is 0 Å². The molecule has 0 radical (unpaired) electrons. The summed E-state index contributed by atoms with van der Waals surface area (Å²) in [6.07, 6.45) is 5.42. The topological polar surface area (TPSA) is 137 Å². The van der Waals surface area contributed by atoms with Gasteiger partial charge < -0.3 is 21.1 Å². The summed E-state index contributed by atoms with van der Waals surface area (Å²) in [6, 6.07) is 8.20. The average molecular weight is 606 g/mol. The van der Waals surface area contributed by atoms with E-state index in [1.165, 1.54) is 0 Å². The summed E-state index contributed by atoms with van der Waals surface area (Å²) in [5.41, 5.74) is 8.45. The van der Waals surface area contributed by atoms with Crippen LogP contribution in [0.1, 0.15) is 65.5 Å². The van der Waals surface area contributed by atoms with Crippen molar-refractivity contribution < 1.29 is 27.5 Å². The molecule has 6 rings (SSSR count). The van der Waals surface area contributed by atoms with E-state index in [4.69, 9.17) is 15.5 Å². The fourth-order valence-electron chi connectivity index (χ4n) is 5.69. The van der Waals surface area contributed by atoms with E-state index < -0.39 is 17.6 Å². The van der Waals surface area contributed by atoms with Crippen LogP contribution in [0.3, 0.4) is 0 Å². The molecular weight excluding hydrogens is 575 g/mol. The Balaban J connectivity index is 1.34. The van der Waals surface area contributed by atoms with Crippen LogP contribution in [0, 0.1) is 0 Å². The third-order valence-electron chi connectivity index (χ3n) is 7.84. The number of hydrogen-bond acceptors (Lipinski definition) is 7. The van der Waals surface area contributed by atoms with Gasteiger partial charge in [0.05, 0.1) is 30.7 Å². The summed E-state index contributed by atoms with van der Waals surface area (Å²) in [4.78, 5) is 38.6. The SMILES string of the molecule is Nc1ncc2n3c(nc(-c4ccc(C(=O)Nc5cc(C(F)(F)F)ccn5)cc4)c13)[C@@H]1CC[C@H](C1)NC(=O)CCOCC/C=C/2. The molecule has 0 unspecified atom stereocenters. The number of halogens is 3. The number of alkyl halides is 3. The quantitative estimate of drug-likeness (QED) is 0.291. The largest absolute Gasteiger partial charge is 0.416 e. The van der Waals surface area contributed by atoms with Crippen molar-refractivity contribution in [3.05, 3.63) is 77.5 Å². The first-order valence-corrected chi connectivity index (χ1v) is 14.3. The molecule has 0 saturated heterocycles. The second-order valence-electron chi connectivity index (χ2n) is 10.9. The Hall–Kier alpha value is -4.78. The van der Waals surface area contributed by atoms with E-state index in [-0.39, 0.29) is 35.1 Å². The minimum absolute atomic E-state index is 0.0238. The van der Waals surface area contributed by atoms with Crippen molar-refractivity contribution in [2.45, 2.75) is 50.2 Å². The van der Waals surface area contributed by atoms with E-state index in [1.807, 2.05) is 16.6 Å². The zero-order chi connectivity index (χ0) is 30.8. The predicted octanol–water partition coefficient (Wildman–Crippen LogP) is 5.22. The highest BCUT2D eigenvalue weighted by Gasteiger charge is 2.33. The Morgan fingerprint density at radius 2 is 1.93 bits per heavy atom. The van der Waals surface area contributed by atoms with Crippen molar-refractivity contribution in [2.75, 3.05) is 24.3 Å². The first kappa shape index (κ1) is 29.3. The maximum absolute atomic E-state index is 13.1. The van der Waals surface area contributed by atoms with Crippen molar-refractivity contribution in [1.29, 1.82) is 0 Å². The van der Waals surface area contributed by atoms with Crippen molar-refractivity contribution >= 4 is 35.0 Å². The highest BCUT2D eigenvalue weighted by atomic mass is 19.4. The van der Waals surface area contributed by atoms with Gasteiger partial charge in [0, 0.05) is 35.7 Å². The first-order chi connectivity index (χ1) is 21.2. The van der Waals surface area contributed by atoms with Gasteiger partial charge in [-0.2, -0.15) is 13.2 Å². The Morgan fingerprint density at radius 1 is 1.11 bits per heavy atom. The predicted molar refractivity (Wildman–Crippen MR) is 158 cm³/mol. The molecule has 1 fully saturated rings. The lowest BCUT2D eigenvalue weighted by molar-refractivity contribution is -0.137. The molecule has 44 heavy (non-hydrogen) atoms. The number of nitrogens with zero attached hydrogens (tertiary/aromatic N) is 4. The zero-order valence-electron chi connectivity index (χ0n) is 23.6. The van der Waals surface area contributed by atoms with Crippen LogP contribution in [0.4, 0.5) is 24.8 Å². The van der Waals surface area contributed by atoms with Gasteiger partial charge in [-0.05, 0) is 56.0 Å². The number of amides is 2. The highest BCUT2D eigenvalue weighted by Crippen LogP contribution is 2.39. The van der Waals surface area contributed by atoms with E-state index >= 15 is 0 Å². The van der Waals surface area contributed by atoms with Crippen LogP contribution in [0.15, 0.2) is 54.9 Å². The summed E-state index contributed by atoms with van der Waals surface area (Å²) in [6.45, 7) is 0.851. The normalized spacial score (nSPS) is 20.0. The molecule has 1 aromatic carbocycles. The van der Waals surface area contributed by atoms with Gasteiger partial charge in [-0.3, -0.25) is 14.0 Å². The number of aromatic nitrogens is 4. The minimum Gasteiger partial charge on any atom is -0.382 e. The molecule has 4 N–H and O–H groups in total. The minimum atomic E-state index is -4.56. The molecule has 3 aromatic heterocycles. The molecule has 2 bridgehead atoms. The molecule has 1 aliphatic heterocycles. The van der Waals surface area contributed by atoms with Gasteiger partial charge in [-0.15, -0.1) is 0 Å². The number of anilines is 2. The monoisotopic (exact) mass is 605 g/mol. The van der Waals surface area contributed by atoms with Crippen LogP contribution in [0.25, 0.3) is 22.9 Å². The fourth-order valence-corrected chi connectivity index (χ4v) is 5.69. The van der Waals surface area contributed by atoms with E-state index in [9.17, 15) is 22.8 Å². The highest BCUT2D eigenvalue weighted by molar-refractivity contribution is 6.04. The lowest BCUT2D eigenvalue weighted by Crippen LogP contribution is -2.33. The molecule has 2 atom stereocenters. The molecule has 1 saturated carbocycles. The van der Waals surface area contributed by atoms with E-state index in [2.05, 4.69) is 20.6 Å². The van der Waals surface area contributed by atoms with Crippen LogP contribution >= 0.6 is 0 Å². The zero-order valence-corrected chi connectivity index (χ0v) is 23.6. The molecule has 4 aromatic rings. The van der Waals surface area contributed by atoms with Crippen molar-refractivity contribution in [1.82, 2.24) is 24.7 Å². The molecule has 2 amide bonds. The van der Waals surface area contributed by atoms with Gasteiger partial charge in [0.2, 0.25) is 5.91 Å². The number of fused-ring (bicyclic) bond motifs is 3. The number of nitrogens with one attached hydrogen (secondary N) is 2. The lowest BCUT2D eigenvalue weighted by atomic mass is 10.1. The molecular formula is C31H30F3N7O3. The number of benzene rings is 1. The Morgan fingerprint density at radius 3 is 2.73 bits per heavy atom. The summed E-state index contributed by atoms with van der Waals surface area (Å²) >= 11 is 0. The van der Waals surface area contributed by atoms with E-state index in [1.54, 1.807) is 30.5 Å². The average Bonchev–Trinajstić information content (AvgIpc) is 3.62. The lowest BCUT2D eigenvalue weighted by Gasteiger charge is -2.14. The molecule has 10 nitrogen and oxygen atoms in total. The number of carbonyl (C=O) groups excluding carboxylic acids is 2. The number of rotatable bonds is 3. The number of hydrogen-bond donors (Lipinski definition) is 3. The molecule has 13 heteroatoms.